The number of anilines is 1. The van der Waals surface area contributed by atoms with Gasteiger partial charge in [0, 0.05) is 34.3 Å². The summed E-state index contributed by atoms with van der Waals surface area (Å²) in [6, 6.07) is 20.9. The van der Waals surface area contributed by atoms with Crippen LogP contribution < -0.4 is 15.5 Å². The van der Waals surface area contributed by atoms with Crippen LogP contribution in [0.3, 0.4) is 0 Å². The second kappa shape index (κ2) is 9.40. The van der Waals surface area contributed by atoms with Gasteiger partial charge >= 0.3 is 18.1 Å². The number of benzene rings is 4. The van der Waals surface area contributed by atoms with Gasteiger partial charge in [0.05, 0.1) is 5.56 Å². The van der Waals surface area contributed by atoms with Crippen LogP contribution >= 0.6 is 0 Å². The highest BCUT2D eigenvalue weighted by Gasteiger charge is 2.38. The van der Waals surface area contributed by atoms with Gasteiger partial charge in [0.15, 0.2) is 5.43 Å². The van der Waals surface area contributed by atoms with E-state index in [1.165, 1.54) is 42.5 Å². The molecular formula is C28H16F3NO6. The second-order valence-corrected chi connectivity index (χ2v) is 8.22. The van der Waals surface area contributed by atoms with E-state index in [2.05, 4.69) is 0 Å². The van der Waals surface area contributed by atoms with Crippen LogP contribution in [0, 0.1) is 0 Å². The highest BCUT2D eigenvalue weighted by atomic mass is 19.4. The van der Waals surface area contributed by atoms with Gasteiger partial charge in [-0.25, -0.2) is 4.79 Å². The number of carbonyl (C=O) groups excluding carboxylic acids is 1. The van der Waals surface area contributed by atoms with Gasteiger partial charge in [-0.05, 0) is 60.2 Å². The molecule has 3 aromatic rings. The highest BCUT2D eigenvalue weighted by molar-refractivity contribution is 6.07. The molecule has 38 heavy (non-hydrogen) atoms. The summed E-state index contributed by atoms with van der Waals surface area (Å²) >= 11 is 0. The summed E-state index contributed by atoms with van der Waals surface area (Å²) in [6.07, 6.45) is -5.01. The number of nitrogens with one attached hydrogen (secondary N) is 1. The molecule has 3 aromatic carbocycles. The number of halogens is 3. The average Bonchev–Trinajstić information content (AvgIpc) is 2.87. The zero-order valence-corrected chi connectivity index (χ0v) is 19.2. The third-order valence-corrected chi connectivity index (χ3v) is 5.70. The van der Waals surface area contributed by atoms with Crippen LogP contribution in [0.1, 0.15) is 10.4 Å². The molecular weight excluding hydrogens is 503 g/mol. The predicted molar refractivity (Wildman–Crippen MR) is 133 cm³/mol. The highest BCUT2D eigenvalue weighted by Crippen LogP contribution is 2.42. The molecule has 0 aromatic heterocycles. The number of alkyl halides is 3. The molecule has 0 atom stereocenters. The zero-order valence-electron chi connectivity index (χ0n) is 19.2. The number of aromatic carboxylic acids is 1. The summed E-state index contributed by atoms with van der Waals surface area (Å²) < 4.78 is 49.2. The van der Waals surface area contributed by atoms with Gasteiger partial charge < -0.3 is 19.6 Å². The number of ether oxygens (including phenoxy) is 1. The first-order valence-electron chi connectivity index (χ1n) is 11.1. The van der Waals surface area contributed by atoms with Gasteiger partial charge in [0.1, 0.15) is 22.8 Å². The number of rotatable bonds is 5. The first-order valence-corrected chi connectivity index (χ1v) is 11.1. The monoisotopic (exact) mass is 519 g/mol. The normalized spacial score (nSPS) is 11.4. The molecule has 1 aliphatic carbocycles. The summed E-state index contributed by atoms with van der Waals surface area (Å²) in [4.78, 5) is 35.1. The van der Waals surface area contributed by atoms with Crippen molar-refractivity contribution in [2.24, 2.45) is 0 Å². The summed E-state index contributed by atoms with van der Waals surface area (Å²) in [7, 11) is 0. The summed E-state index contributed by atoms with van der Waals surface area (Å²) in [5, 5.41) is 12.1. The van der Waals surface area contributed by atoms with Crippen molar-refractivity contribution < 1.29 is 37.0 Å². The molecule has 7 nitrogen and oxygen atoms in total. The van der Waals surface area contributed by atoms with E-state index in [9.17, 15) is 32.7 Å². The number of carboxylic acid groups (broad SMARTS) is 1. The van der Waals surface area contributed by atoms with E-state index in [0.717, 1.165) is 0 Å². The Kier molecular flexibility index (Phi) is 6.08. The largest absolute Gasteiger partial charge is 0.478 e. The molecule has 10 heteroatoms. The summed E-state index contributed by atoms with van der Waals surface area (Å²) in [6.45, 7) is 0. The lowest BCUT2D eigenvalue weighted by molar-refractivity contribution is -0.167. The molecule has 1 amide bonds. The fourth-order valence-corrected chi connectivity index (χ4v) is 4.04. The Morgan fingerprint density at radius 3 is 2.26 bits per heavy atom. The van der Waals surface area contributed by atoms with Crippen molar-refractivity contribution in [1.82, 2.24) is 0 Å². The van der Waals surface area contributed by atoms with Crippen molar-refractivity contribution in [3.63, 3.8) is 0 Å². The average molecular weight is 519 g/mol. The Balaban J connectivity index is 1.56. The van der Waals surface area contributed by atoms with E-state index >= 15 is 0 Å². The van der Waals surface area contributed by atoms with E-state index in [1.807, 2.05) is 0 Å². The smallest absolute Gasteiger partial charge is 0.471 e. The molecule has 5 rings (SSSR count). The Morgan fingerprint density at radius 1 is 0.842 bits per heavy atom. The molecule has 0 bridgehead atoms. The van der Waals surface area contributed by atoms with Gasteiger partial charge in [-0.1, -0.05) is 18.2 Å². The fourth-order valence-electron chi connectivity index (χ4n) is 4.04. The van der Waals surface area contributed by atoms with E-state index < -0.39 is 18.1 Å². The Hall–Kier alpha value is -5.12. The second-order valence-electron chi connectivity index (χ2n) is 8.22. The number of hydrogen-bond acceptors (Lipinski definition) is 5. The minimum Gasteiger partial charge on any atom is -0.478 e. The molecule has 0 unspecified atom stereocenters. The van der Waals surface area contributed by atoms with Gasteiger partial charge in [0.2, 0.25) is 0 Å². The third kappa shape index (κ3) is 4.79. The maximum atomic E-state index is 12.5. The summed E-state index contributed by atoms with van der Waals surface area (Å²) in [5.74, 6) is -2.37. The Morgan fingerprint density at radius 2 is 1.55 bits per heavy atom. The molecule has 190 valence electrons. The first-order chi connectivity index (χ1) is 18.1. The van der Waals surface area contributed by atoms with E-state index in [0.29, 0.717) is 33.4 Å². The van der Waals surface area contributed by atoms with Crippen molar-refractivity contribution in [3.05, 3.63) is 101 Å². The van der Waals surface area contributed by atoms with Gasteiger partial charge in [-0.3, -0.25) is 9.59 Å². The Bertz CT molecular complexity index is 1720. The molecule has 0 fully saturated rings. The van der Waals surface area contributed by atoms with Crippen molar-refractivity contribution in [2.75, 3.05) is 5.32 Å². The van der Waals surface area contributed by atoms with E-state index in [4.69, 9.17) is 9.15 Å². The van der Waals surface area contributed by atoms with E-state index in [1.54, 1.807) is 47.8 Å². The van der Waals surface area contributed by atoms with Crippen molar-refractivity contribution >= 4 is 28.5 Å². The van der Waals surface area contributed by atoms with Crippen molar-refractivity contribution in [1.29, 1.82) is 0 Å². The third-order valence-electron chi connectivity index (χ3n) is 5.70. The number of fused-ring (bicyclic) bond motifs is 2. The van der Waals surface area contributed by atoms with Gasteiger partial charge in [-0.2, -0.15) is 13.2 Å². The lowest BCUT2D eigenvalue weighted by atomic mass is 9.91. The number of hydrogen-bond donors (Lipinski definition) is 2. The lowest BCUT2D eigenvalue weighted by Gasteiger charge is -2.17. The van der Waals surface area contributed by atoms with Gasteiger partial charge in [-0.15, -0.1) is 0 Å². The van der Waals surface area contributed by atoms with E-state index in [-0.39, 0.29) is 28.2 Å². The molecule has 0 spiro atoms. The van der Waals surface area contributed by atoms with Crippen LogP contribution in [0.15, 0.2) is 94.1 Å². The molecule has 2 N–H and O–H groups in total. The SMILES string of the molecule is O=C(O)c1ccccc1-c1c2ccc(=O)cc-2oc2cc(Oc3ccc(NC(=O)C(F)(F)F)cc3)ccc12. The topological polar surface area (TPSA) is 106 Å². The fraction of sp³-hybridized carbons (Fsp3) is 0.0357. The number of carbonyl (C=O) groups is 2. The van der Waals surface area contributed by atoms with Crippen LogP contribution in [0.2, 0.25) is 0 Å². The minimum absolute atomic E-state index is 0.0604. The minimum atomic E-state index is -5.01. The van der Waals surface area contributed by atoms with Crippen LogP contribution in [0.5, 0.6) is 11.5 Å². The molecule has 2 aliphatic rings. The maximum Gasteiger partial charge on any atom is 0.471 e. The van der Waals surface area contributed by atoms with Crippen LogP contribution in [0.4, 0.5) is 18.9 Å². The van der Waals surface area contributed by atoms with Crippen molar-refractivity contribution in [3.8, 4) is 33.9 Å². The molecule has 0 saturated heterocycles. The van der Waals surface area contributed by atoms with Crippen LogP contribution in [-0.4, -0.2) is 23.2 Å². The summed E-state index contributed by atoms with van der Waals surface area (Å²) in [5.41, 5.74) is 1.59. The zero-order chi connectivity index (χ0) is 27.0. The molecule has 1 heterocycles. The standard InChI is InChI=1S/C28H16F3NO6/c29-28(30,31)27(36)32-15-5-8-17(9-6-15)37-18-10-12-22-24(14-18)38-23-13-16(33)7-11-21(23)25(22)19-3-1-2-4-20(19)26(34)35/h1-14H,(H,32,36)(H,34,35). The van der Waals surface area contributed by atoms with Crippen molar-refractivity contribution in [2.45, 2.75) is 6.18 Å². The maximum absolute atomic E-state index is 12.5. The lowest BCUT2D eigenvalue weighted by Crippen LogP contribution is -2.29. The first kappa shape index (κ1) is 24.6. The number of amides is 1. The predicted octanol–water partition coefficient (Wildman–Crippen LogP) is 6.56. The molecule has 0 saturated carbocycles. The van der Waals surface area contributed by atoms with Crippen LogP contribution in [-0.2, 0) is 4.79 Å². The molecule has 1 aliphatic heterocycles. The molecule has 0 radical (unpaired) electrons. The number of carboxylic acids is 1. The van der Waals surface area contributed by atoms with Crippen LogP contribution in [0.25, 0.3) is 33.4 Å². The van der Waals surface area contributed by atoms with Gasteiger partial charge in [0.25, 0.3) is 0 Å². The quantitative estimate of drug-likeness (QED) is 0.255. The Labute approximate surface area is 212 Å².